The van der Waals surface area contributed by atoms with Crippen molar-refractivity contribution in [2.24, 2.45) is 0 Å². The number of anilines is 2. The van der Waals surface area contributed by atoms with E-state index in [2.05, 4.69) is 29.8 Å². The van der Waals surface area contributed by atoms with Gasteiger partial charge in [0, 0.05) is 27.2 Å². The molecule has 0 spiro atoms. The molecule has 50 heavy (non-hydrogen) atoms. The summed E-state index contributed by atoms with van der Waals surface area (Å²) in [5.41, 5.74) is 4.70. The van der Waals surface area contributed by atoms with Gasteiger partial charge in [0.25, 0.3) is 11.8 Å². The quantitative estimate of drug-likeness (QED) is 0.0943. The highest BCUT2D eigenvalue weighted by Gasteiger charge is 2.23. The number of nitrogens with one attached hydrogen (secondary N) is 3. The number of hydrogen-bond donors (Lipinski definition) is 3. The molecule has 0 saturated heterocycles. The van der Waals surface area contributed by atoms with Crippen molar-refractivity contribution in [2.75, 3.05) is 10.6 Å². The summed E-state index contributed by atoms with van der Waals surface area (Å²) in [6.45, 7) is 4.24. The number of thioether (sulfide) groups is 1. The van der Waals surface area contributed by atoms with Crippen LogP contribution in [0.15, 0.2) is 162 Å². The van der Waals surface area contributed by atoms with Crippen LogP contribution in [-0.2, 0) is 9.59 Å². The van der Waals surface area contributed by atoms with Gasteiger partial charge in [-0.3, -0.25) is 14.4 Å². The fourth-order valence-corrected chi connectivity index (χ4v) is 6.50. The van der Waals surface area contributed by atoms with Crippen molar-refractivity contribution >= 4 is 57.7 Å². The van der Waals surface area contributed by atoms with Crippen molar-refractivity contribution in [3.8, 4) is 0 Å². The monoisotopic (exact) mass is 675 g/mol. The van der Waals surface area contributed by atoms with E-state index in [1.165, 1.54) is 17.3 Å². The van der Waals surface area contributed by atoms with Crippen LogP contribution in [0.3, 0.4) is 0 Å². The fourth-order valence-electron chi connectivity index (χ4n) is 5.47. The summed E-state index contributed by atoms with van der Waals surface area (Å²) in [6.07, 6.45) is 1.67. The zero-order valence-electron chi connectivity index (χ0n) is 27.8. The molecule has 6 aromatic carbocycles. The van der Waals surface area contributed by atoms with Gasteiger partial charge in [0.15, 0.2) is 0 Å². The van der Waals surface area contributed by atoms with E-state index >= 15 is 0 Å². The lowest BCUT2D eigenvalue weighted by Crippen LogP contribution is -2.30. The van der Waals surface area contributed by atoms with Gasteiger partial charge >= 0.3 is 0 Å². The minimum absolute atomic E-state index is 0.115. The lowest BCUT2D eigenvalue weighted by atomic mass is 10.0. The molecule has 0 bridgehead atoms. The zero-order chi connectivity index (χ0) is 34.9. The van der Waals surface area contributed by atoms with Crippen LogP contribution >= 0.6 is 11.8 Å². The molecule has 1 atom stereocenters. The van der Waals surface area contributed by atoms with Crippen LogP contribution < -0.4 is 16.0 Å². The summed E-state index contributed by atoms with van der Waals surface area (Å²) in [5.74, 6) is -0.609. The van der Waals surface area contributed by atoms with Crippen LogP contribution in [0.4, 0.5) is 11.4 Å². The first-order valence-electron chi connectivity index (χ1n) is 16.4. The Morgan fingerprint density at radius 2 is 1.26 bits per heavy atom. The van der Waals surface area contributed by atoms with Crippen LogP contribution in [0.5, 0.6) is 0 Å². The Balaban J connectivity index is 1.20. The second-order valence-corrected chi connectivity index (χ2v) is 13.3. The molecule has 6 aromatic rings. The maximum absolute atomic E-state index is 13.8. The molecule has 0 radical (unpaired) electrons. The van der Waals surface area contributed by atoms with Crippen molar-refractivity contribution in [1.82, 2.24) is 5.32 Å². The zero-order valence-corrected chi connectivity index (χ0v) is 28.6. The van der Waals surface area contributed by atoms with Crippen LogP contribution in [0.1, 0.15) is 52.1 Å². The number of carbonyl (C=O) groups is 3. The summed E-state index contributed by atoms with van der Waals surface area (Å²) in [7, 11) is 0. The molecule has 0 aromatic heterocycles. The molecule has 0 fully saturated rings. The molecule has 248 valence electrons. The lowest BCUT2D eigenvalue weighted by Gasteiger charge is -2.18. The highest BCUT2D eigenvalue weighted by Crippen LogP contribution is 2.37. The Morgan fingerprint density at radius 1 is 0.620 bits per heavy atom. The fraction of sp³-hybridized carbons (Fsp3) is 0.0930. The topological polar surface area (TPSA) is 87.3 Å². The molecule has 0 heterocycles. The average molecular weight is 676 g/mol. The van der Waals surface area contributed by atoms with Crippen molar-refractivity contribution in [1.29, 1.82) is 0 Å². The highest BCUT2D eigenvalue weighted by molar-refractivity contribution is 8.00. The van der Waals surface area contributed by atoms with E-state index in [1.807, 2.05) is 115 Å². The minimum Gasteiger partial charge on any atom is -0.324 e. The van der Waals surface area contributed by atoms with Gasteiger partial charge in [0.1, 0.15) is 10.9 Å². The van der Waals surface area contributed by atoms with Gasteiger partial charge in [-0.05, 0) is 76.5 Å². The van der Waals surface area contributed by atoms with Crippen LogP contribution in [0, 0.1) is 0 Å². The molecule has 6 nitrogen and oxygen atoms in total. The smallest absolute Gasteiger partial charge is 0.272 e. The predicted octanol–water partition coefficient (Wildman–Crippen LogP) is 9.84. The maximum Gasteiger partial charge on any atom is 0.272 e. The number of carbonyl (C=O) groups excluding carboxylic acids is 3. The number of fused-ring (bicyclic) bond motifs is 1. The molecule has 0 aliphatic carbocycles. The van der Waals surface area contributed by atoms with E-state index in [0.29, 0.717) is 17.2 Å². The molecule has 3 amide bonds. The van der Waals surface area contributed by atoms with Gasteiger partial charge in [-0.25, -0.2) is 0 Å². The molecular weight excluding hydrogens is 639 g/mol. The van der Waals surface area contributed by atoms with E-state index in [9.17, 15) is 14.4 Å². The highest BCUT2D eigenvalue weighted by atomic mass is 32.2. The van der Waals surface area contributed by atoms with E-state index in [1.54, 1.807) is 42.5 Å². The molecule has 6 rings (SSSR count). The summed E-state index contributed by atoms with van der Waals surface area (Å²) < 4.78 is 0. The third kappa shape index (κ3) is 8.56. The molecule has 3 N–H and O–H groups in total. The summed E-state index contributed by atoms with van der Waals surface area (Å²) in [6, 6.07) is 47.5. The van der Waals surface area contributed by atoms with Crippen molar-refractivity contribution in [2.45, 2.75) is 29.9 Å². The molecule has 0 saturated carbocycles. The predicted molar refractivity (Wildman–Crippen MR) is 205 cm³/mol. The summed E-state index contributed by atoms with van der Waals surface area (Å²) >= 11 is 1.43. The molecule has 7 heteroatoms. The van der Waals surface area contributed by atoms with Gasteiger partial charge in [0.2, 0.25) is 5.91 Å². The summed E-state index contributed by atoms with van der Waals surface area (Å²) in [5, 5.41) is 10.4. The minimum atomic E-state index is -0.527. The van der Waals surface area contributed by atoms with E-state index in [0.717, 1.165) is 32.5 Å². The van der Waals surface area contributed by atoms with E-state index < -0.39 is 11.2 Å². The number of hydrogen-bond acceptors (Lipinski definition) is 4. The van der Waals surface area contributed by atoms with Crippen molar-refractivity contribution in [3.05, 3.63) is 180 Å². The molecule has 0 aliphatic heterocycles. The number of benzene rings is 6. The molecular formula is C43H37N3O3S. The Kier molecular flexibility index (Phi) is 10.9. The Bertz CT molecular complexity index is 2120. The molecule has 0 aliphatic rings. The first-order chi connectivity index (χ1) is 24.3. The Hall–Kier alpha value is -5.92. The van der Waals surface area contributed by atoms with Gasteiger partial charge in [0.05, 0.1) is 0 Å². The van der Waals surface area contributed by atoms with Crippen LogP contribution in [-0.4, -0.2) is 17.7 Å². The lowest BCUT2D eigenvalue weighted by molar-refractivity contribution is -0.116. The van der Waals surface area contributed by atoms with Gasteiger partial charge in [-0.1, -0.05) is 123 Å². The Labute approximate surface area is 296 Å². The van der Waals surface area contributed by atoms with Gasteiger partial charge < -0.3 is 16.0 Å². The third-order valence-corrected chi connectivity index (χ3v) is 9.46. The maximum atomic E-state index is 13.8. The third-order valence-electron chi connectivity index (χ3n) is 8.20. The van der Waals surface area contributed by atoms with Crippen LogP contribution in [0.25, 0.3) is 16.8 Å². The van der Waals surface area contributed by atoms with Crippen molar-refractivity contribution in [3.63, 3.8) is 0 Å². The van der Waals surface area contributed by atoms with E-state index in [-0.39, 0.29) is 17.5 Å². The number of amides is 3. The second kappa shape index (κ2) is 16.0. The van der Waals surface area contributed by atoms with Gasteiger partial charge in [-0.15, -0.1) is 11.8 Å². The van der Waals surface area contributed by atoms with Crippen LogP contribution in [0.2, 0.25) is 0 Å². The van der Waals surface area contributed by atoms with Gasteiger partial charge in [-0.2, -0.15) is 0 Å². The first kappa shape index (κ1) is 34.0. The SMILES string of the molecule is CC(C)c1ccc(/C=C(\NC(=O)c2ccccc2)C(=O)Nc2ccc(SC(C(=O)Nc3cccc4ccccc34)c3ccccc3)cc2)cc1. The first-order valence-corrected chi connectivity index (χ1v) is 17.3. The number of rotatable bonds is 11. The second-order valence-electron chi connectivity index (χ2n) is 12.1. The largest absolute Gasteiger partial charge is 0.324 e. The Morgan fingerprint density at radius 3 is 1.96 bits per heavy atom. The summed E-state index contributed by atoms with van der Waals surface area (Å²) in [4.78, 5) is 41.3. The van der Waals surface area contributed by atoms with E-state index in [4.69, 9.17) is 0 Å². The molecule has 1 unspecified atom stereocenters. The normalized spacial score (nSPS) is 11.9. The average Bonchev–Trinajstić information content (AvgIpc) is 3.15. The van der Waals surface area contributed by atoms with Crippen molar-refractivity contribution < 1.29 is 14.4 Å². The standard InChI is InChI=1S/C43H37N3O3S/c1-29(2)31-22-20-30(21-23-31)28-39(46-41(47)34-15-7-4-8-16-34)42(48)44-35-24-26-36(27-25-35)50-40(33-13-5-3-6-14-33)43(49)45-38-19-11-17-32-12-9-10-18-37(32)38/h3-29,40H,1-2H3,(H,44,48)(H,45,49)(H,46,47)/b39-28-.